The van der Waals surface area contributed by atoms with Crippen molar-refractivity contribution in [2.75, 3.05) is 7.11 Å². The molecule has 1 aliphatic rings. The van der Waals surface area contributed by atoms with Crippen molar-refractivity contribution in [3.8, 4) is 0 Å². The maximum atomic E-state index is 6.42. The molecule has 1 heterocycles. The highest BCUT2D eigenvalue weighted by Gasteiger charge is 2.39. The number of furan rings is 1. The molecule has 0 spiro atoms. The van der Waals surface area contributed by atoms with Gasteiger partial charge in [0.25, 0.3) is 0 Å². The minimum atomic E-state index is 0.0283. The van der Waals surface area contributed by atoms with Gasteiger partial charge in [-0.05, 0) is 36.8 Å². The summed E-state index contributed by atoms with van der Waals surface area (Å²) in [5, 5.41) is 0. The summed E-state index contributed by atoms with van der Waals surface area (Å²) in [6.07, 6.45) is 6.19. The van der Waals surface area contributed by atoms with Crippen molar-refractivity contribution in [1.82, 2.24) is 0 Å². The van der Waals surface area contributed by atoms with Gasteiger partial charge in [0.15, 0.2) is 0 Å². The average Bonchev–Trinajstić information content (AvgIpc) is 2.98. The standard InChI is InChI=1S/C14H23NO2/c1-3-14(8-4-5-9-14)13(15)12-7-6-11(17-12)10-16-2/h6-7,13H,3-5,8-10,15H2,1-2H3. The number of hydrogen-bond donors (Lipinski definition) is 1. The van der Waals surface area contributed by atoms with Crippen LogP contribution in [0.3, 0.4) is 0 Å². The molecule has 1 aromatic rings. The van der Waals surface area contributed by atoms with E-state index in [2.05, 4.69) is 6.92 Å². The molecule has 1 aromatic heterocycles. The number of rotatable bonds is 5. The van der Waals surface area contributed by atoms with Gasteiger partial charge in [-0.2, -0.15) is 0 Å². The van der Waals surface area contributed by atoms with Crippen LogP contribution in [0.5, 0.6) is 0 Å². The molecule has 3 heteroatoms. The van der Waals surface area contributed by atoms with E-state index in [1.165, 1.54) is 25.7 Å². The lowest BCUT2D eigenvalue weighted by Gasteiger charge is -2.33. The molecule has 1 fully saturated rings. The number of nitrogens with two attached hydrogens (primary N) is 1. The van der Waals surface area contributed by atoms with Gasteiger partial charge in [0, 0.05) is 7.11 Å². The van der Waals surface area contributed by atoms with Crippen LogP contribution in [0, 0.1) is 5.41 Å². The lowest BCUT2D eigenvalue weighted by molar-refractivity contribution is 0.153. The zero-order chi connectivity index (χ0) is 12.3. The highest BCUT2D eigenvalue weighted by Crippen LogP contribution is 2.49. The normalized spacial score (nSPS) is 20.6. The summed E-state index contributed by atoms with van der Waals surface area (Å²) in [5.41, 5.74) is 6.67. The molecule has 96 valence electrons. The van der Waals surface area contributed by atoms with Gasteiger partial charge in [-0.25, -0.2) is 0 Å². The third kappa shape index (κ3) is 2.40. The third-order valence-electron chi connectivity index (χ3n) is 4.24. The summed E-state index contributed by atoms with van der Waals surface area (Å²) in [6.45, 7) is 2.76. The summed E-state index contributed by atoms with van der Waals surface area (Å²) >= 11 is 0. The van der Waals surface area contributed by atoms with Crippen LogP contribution in [-0.4, -0.2) is 7.11 Å². The second-order valence-corrected chi connectivity index (χ2v) is 5.14. The molecule has 0 saturated heterocycles. The summed E-state index contributed by atoms with van der Waals surface area (Å²) in [4.78, 5) is 0. The zero-order valence-corrected chi connectivity index (χ0v) is 10.9. The Morgan fingerprint density at radius 1 is 1.41 bits per heavy atom. The van der Waals surface area contributed by atoms with Crippen molar-refractivity contribution in [3.05, 3.63) is 23.7 Å². The average molecular weight is 237 g/mol. The van der Waals surface area contributed by atoms with Gasteiger partial charge in [-0.1, -0.05) is 19.8 Å². The fraction of sp³-hybridized carbons (Fsp3) is 0.714. The molecule has 1 saturated carbocycles. The van der Waals surface area contributed by atoms with Crippen LogP contribution >= 0.6 is 0 Å². The number of ether oxygens (including phenoxy) is 1. The predicted molar refractivity (Wildman–Crippen MR) is 67.5 cm³/mol. The number of hydrogen-bond acceptors (Lipinski definition) is 3. The van der Waals surface area contributed by atoms with E-state index in [9.17, 15) is 0 Å². The lowest BCUT2D eigenvalue weighted by atomic mass is 9.76. The monoisotopic (exact) mass is 237 g/mol. The molecule has 0 amide bonds. The summed E-state index contributed by atoms with van der Waals surface area (Å²) in [5.74, 6) is 1.78. The quantitative estimate of drug-likeness (QED) is 0.853. The molecular formula is C14H23NO2. The lowest BCUT2D eigenvalue weighted by Crippen LogP contribution is -2.31. The van der Waals surface area contributed by atoms with E-state index in [-0.39, 0.29) is 11.5 Å². The largest absolute Gasteiger partial charge is 0.462 e. The summed E-state index contributed by atoms with van der Waals surface area (Å²) in [6, 6.07) is 4.01. The van der Waals surface area contributed by atoms with Gasteiger partial charge < -0.3 is 14.9 Å². The van der Waals surface area contributed by atoms with E-state index in [0.29, 0.717) is 6.61 Å². The van der Waals surface area contributed by atoms with Crippen molar-refractivity contribution in [2.45, 2.75) is 51.7 Å². The highest BCUT2D eigenvalue weighted by molar-refractivity contribution is 5.14. The van der Waals surface area contributed by atoms with Crippen LogP contribution in [0.4, 0.5) is 0 Å². The molecule has 2 N–H and O–H groups in total. The van der Waals surface area contributed by atoms with Gasteiger partial charge in [-0.15, -0.1) is 0 Å². The molecule has 0 aliphatic heterocycles. The molecule has 3 nitrogen and oxygen atoms in total. The van der Waals surface area contributed by atoms with E-state index < -0.39 is 0 Å². The van der Waals surface area contributed by atoms with Gasteiger partial charge in [0.2, 0.25) is 0 Å². The SMILES string of the molecule is CCC1(C(N)c2ccc(COC)o2)CCCC1. The van der Waals surface area contributed by atoms with E-state index >= 15 is 0 Å². The van der Waals surface area contributed by atoms with E-state index in [0.717, 1.165) is 17.9 Å². The molecule has 1 aliphatic carbocycles. The van der Waals surface area contributed by atoms with Crippen LogP contribution in [0.25, 0.3) is 0 Å². The Bertz CT molecular complexity index is 353. The van der Waals surface area contributed by atoms with E-state index in [1.54, 1.807) is 7.11 Å². The second kappa shape index (κ2) is 5.23. The van der Waals surface area contributed by atoms with E-state index in [1.807, 2.05) is 12.1 Å². The Morgan fingerprint density at radius 3 is 2.71 bits per heavy atom. The van der Waals surface area contributed by atoms with Crippen molar-refractivity contribution in [1.29, 1.82) is 0 Å². The van der Waals surface area contributed by atoms with Crippen molar-refractivity contribution in [3.63, 3.8) is 0 Å². The summed E-state index contributed by atoms with van der Waals surface area (Å²) in [7, 11) is 1.67. The molecule has 1 atom stereocenters. The van der Waals surface area contributed by atoms with Gasteiger partial charge in [0.05, 0.1) is 6.04 Å². The van der Waals surface area contributed by atoms with Gasteiger partial charge >= 0.3 is 0 Å². The topological polar surface area (TPSA) is 48.4 Å². The molecule has 17 heavy (non-hydrogen) atoms. The predicted octanol–water partition coefficient (Wildman–Crippen LogP) is 3.40. The Kier molecular flexibility index (Phi) is 3.89. The molecule has 0 radical (unpaired) electrons. The van der Waals surface area contributed by atoms with Crippen molar-refractivity contribution < 1.29 is 9.15 Å². The third-order valence-corrected chi connectivity index (χ3v) is 4.24. The molecule has 2 rings (SSSR count). The van der Waals surface area contributed by atoms with Gasteiger partial charge in [-0.3, -0.25) is 0 Å². The first kappa shape index (κ1) is 12.7. The molecule has 0 bridgehead atoms. The highest BCUT2D eigenvalue weighted by atomic mass is 16.5. The van der Waals surface area contributed by atoms with Crippen molar-refractivity contribution in [2.24, 2.45) is 11.1 Å². The van der Waals surface area contributed by atoms with Gasteiger partial charge in [0.1, 0.15) is 18.1 Å². The summed E-state index contributed by atoms with van der Waals surface area (Å²) < 4.78 is 10.8. The Hall–Kier alpha value is -0.800. The minimum absolute atomic E-state index is 0.0283. The van der Waals surface area contributed by atoms with E-state index in [4.69, 9.17) is 14.9 Å². The Morgan fingerprint density at radius 2 is 2.12 bits per heavy atom. The first-order valence-corrected chi connectivity index (χ1v) is 6.55. The van der Waals surface area contributed by atoms with Crippen LogP contribution in [0.15, 0.2) is 16.5 Å². The molecule has 0 aromatic carbocycles. The fourth-order valence-electron chi connectivity index (χ4n) is 3.05. The first-order valence-electron chi connectivity index (χ1n) is 6.55. The van der Waals surface area contributed by atoms with Crippen LogP contribution < -0.4 is 5.73 Å². The maximum Gasteiger partial charge on any atom is 0.129 e. The van der Waals surface area contributed by atoms with Crippen molar-refractivity contribution >= 4 is 0 Å². The van der Waals surface area contributed by atoms with Crippen LogP contribution in [-0.2, 0) is 11.3 Å². The minimum Gasteiger partial charge on any atom is -0.462 e. The maximum absolute atomic E-state index is 6.42. The fourth-order valence-corrected chi connectivity index (χ4v) is 3.05. The smallest absolute Gasteiger partial charge is 0.129 e. The zero-order valence-electron chi connectivity index (χ0n) is 10.9. The van der Waals surface area contributed by atoms with Crippen LogP contribution in [0.1, 0.15) is 56.6 Å². The Balaban J connectivity index is 2.14. The second-order valence-electron chi connectivity index (χ2n) is 5.14. The molecule has 1 unspecified atom stereocenters. The molecular weight excluding hydrogens is 214 g/mol. The Labute approximate surface area is 103 Å². The number of methoxy groups -OCH3 is 1. The van der Waals surface area contributed by atoms with Crippen LogP contribution in [0.2, 0.25) is 0 Å². The first-order chi connectivity index (χ1) is 8.22.